The van der Waals surface area contributed by atoms with Gasteiger partial charge in [0.1, 0.15) is 0 Å². The summed E-state index contributed by atoms with van der Waals surface area (Å²) in [5.41, 5.74) is 5.19. The fraction of sp³-hybridized carbons (Fsp3) is 0.462. The summed E-state index contributed by atoms with van der Waals surface area (Å²) >= 11 is 17.8. The summed E-state index contributed by atoms with van der Waals surface area (Å²) in [7, 11) is 0. The van der Waals surface area contributed by atoms with Gasteiger partial charge in [0.15, 0.2) is 5.75 Å². The lowest BCUT2D eigenvalue weighted by atomic mass is 9.87. The first kappa shape index (κ1) is 16.4. The van der Waals surface area contributed by atoms with Crippen LogP contribution in [0.15, 0.2) is 12.1 Å². The lowest BCUT2D eigenvalue weighted by molar-refractivity contribution is 0.287. The van der Waals surface area contributed by atoms with E-state index in [4.69, 9.17) is 50.7 Å². The van der Waals surface area contributed by atoms with Gasteiger partial charge in [-0.2, -0.15) is 0 Å². The van der Waals surface area contributed by atoms with Crippen LogP contribution in [-0.2, 0) is 0 Å². The Kier molecular flexibility index (Phi) is 5.78. The van der Waals surface area contributed by atoms with Crippen LogP contribution >= 0.6 is 34.8 Å². The maximum atomic E-state index is 7.47. The summed E-state index contributed by atoms with van der Waals surface area (Å²) in [5.74, 6) is 0.614. The smallest absolute Gasteiger partial charge is 0.156 e. The second-order valence-electron chi connectivity index (χ2n) is 4.95. The number of hydrogen-bond donors (Lipinski definition) is 2. The summed E-state index contributed by atoms with van der Waals surface area (Å²) < 4.78 is 5.56. The summed E-state index contributed by atoms with van der Waals surface area (Å²) in [4.78, 5) is 0. The van der Waals surface area contributed by atoms with Crippen molar-refractivity contribution in [2.24, 2.45) is 11.1 Å². The standard InChI is InChI=1S/C13H17Cl3N2O/c1-13(2,12(17)18)4-3-5-19-11-9(15)6-8(14)7-10(11)16/h6-7H,3-5H2,1-2H3,(H3,17,18). The molecule has 0 atom stereocenters. The molecule has 0 heterocycles. The van der Waals surface area contributed by atoms with Crippen LogP contribution in [0.5, 0.6) is 5.75 Å². The van der Waals surface area contributed by atoms with Gasteiger partial charge in [-0.05, 0) is 25.0 Å². The van der Waals surface area contributed by atoms with Gasteiger partial charge in [-0.15, -0.1) is 0 Å². The van der Waals surface area contributed by atoms with E-state index in [1.807, 2.05) is 13.8 Å². The molecule has 0 saturated heterocycles. The van der Waals surface area contributed by atoms with Crippen molar-refractivity contribution in [3.63, 3.8) is 0 Å². The van der Waals surface area contributed by atoms with Crippen molar-refractivity contribution in [3.05, 3.63) is 27.2 Å². The second kappa shape index (κ2) is 6.69. The number of halogens is 3. The van der Waals surface area contributed by atoms with Gasteiger partial charge in [-0.3, -0.25) is 5.41 Å². The lowest BCUT2D eigenvalue weighted by Crippen LogP contribution is -2.31. The molecule has 0 spiro atoms. The predicted molar refractivity (Wildman–Crippen MR) is 81.9 cm³/mol. The van der Waals surface area contributed by atoms with Crippen LogP contribution in [0, 0.1) is 10.8 Å². The van der Waals surface area contributed by atoms with Crippen LogP contribution in [0.4, 0.5) is 0 Å². The number of benzene rings is 1. The highest BCUT2D eigenvalue weighted by molar-refractivity contribution is 6.40. The zero-order valence-electron chi connectivity index (χ0n) is 10.9. The summed E-state index contributed by atoms with van der Waals surface area (Å²) in [6.07, 6.45) is 1.51. The molecule has 3 nitrogen and oxygen atoms in total. The van der Waals surface area contributed by atoms with Gasteiger partial charge in [0.05, 0.1) is 22.5 Å². The highest BCUT2D eigenvalue weighted by atomic mass is 35.5. The normalized spacial score (nSPS) is 11.4. The van der Waals surface area contributed by atoms with Gasteiger partial charge < -0.3 is 10.5 Å². The van der Waals surface area contributed by atoms with Crippen molar-refractivity contribution in [2.75, 3.05) is 6.61 Å². The summed E-state index contributed by atoms with van der Waals surface area (Å²) in [6.45, 7) is 4.31. The largest absolute Gasteiger partial charge is 0.490 e. The number of amidine groups is 1. The van der Waals surface area contributed by atoms with E-state index in [9.17, 15) is 0 Å². The minimum absolute atomic E-state index is 0.176. The first-order chi connectivity index (χ1) is 8.74. The van der Waals surface area contributed by atoms with Crippen LogP contribution in [-0.4, -0.2) is 12.4 Å². The molecule has 0 saturated carbocycles. The predicted octanol–water partition coefficient (Wildman–Crippen LogP) is 4.77. The van der Waals surface area contributed by atoms with Crippen LogP contribution in [0.2, 0.25) is 15.1 Å². The molecule has 1 aromatic rings. The van der Waals surface area contributed by atoms with Gasteiger partial charge in [-0.1, -0.05) is 48.7 Å². The molecule has 0 radical (unpaired) electrons. The Balaban J connectivity index is 2.53. The molecule has 3 N–H and O–H groups in total. The van der Waals surface area contributed by atoms with Crippen molar-refractivity contribution in [3.8, 4) is 5.75 Å². The van der Waals surface area contributed by atoms with Gasteiger partial charge in [-0.25, -0.2) is 0 Å². The van der Waals surface area contributed by atoms with E-state index < -0.39 is 0 Å². The fourth-order valence-electron chi connectivity index (χ4n) is 1.49. The molecule has 6 heteroatoms. The van der Waals surface area contributed by atoms with E-state index in [0.29, 0.717) is 27.4 Å². The molecule has 0 aliphatic carbocycles. The monoisotopic (exact) mass is 322 g/mol. The van der Waals surface area contributed by atoms with E-state index in [-0.39, 0.29) is 11.3 Å². The molecular weight excluding hydrogens is 307 g/mol. The zero-order valence-corrected chi connectivity index (χ0v) is 13.2. The van der Waals surface area contributed by atoms with Gasteiger partial charge in [0, 0.05) is 10.4 Å². The Bertz CT molecular complexity index is 452. The Morgan fingerprint density at radius 1 is 1.26 bits per heavy atom. The average Bonchev–Trinajstić information content (AvgIpc) is 2.26. The van der Waals surface area contributed by atoms with Crippen LogP contribution in [0.1, 0.15) is 26.7 Å². The minimum atomic E-state index is -0.322. The first-order valence-corrected chi connectivity index (χ1v) is 6.99. The van der Waals surface area contributed by atoms with Crippen LogP contribution in [0.25, 0.3) is 0 Å². The van der Waals surface area contributed by atoms with Crippen LogP contribution < -0.4 is 10.5 Å². The molecule has 0 aromatic heterocycles. The quantitative estimate of drug-likeness (QED) is 0.450. The molecule has 0 aliphatic heterocycles. The maximum absolute atomic E-state index is 7.47. The first-order valence-electron chi connectivity index (χ1n) is 5.86. The van der Waals surface area contributed by atoms with Crippen molar-refractivity contribution >= 4 is 40.6 Å². The van der Waals surface area contributed by atoms with Gasteiger partial charge in [0.25, 0.3) is 0 Å². The summed E-state index contributed by atoms with van der Waals surface area (Å²) in [5, 5.41) is 8.72. The fourth-order valence-corrected chi connectivity index (χ4v) is 2.42. The van der Waals surface area contributed by atoms with Gasteiger partial charge >= 0.3 is 0 Å². The molecule has 106 valence electrons. The number of nitrogens with one attached hydrogen (secondary N) is 1. The Labute approximate surface area is 128 Å². The molecule has 0 fully saturated rings. The molecule has 0 bridgehead atoms. The highest BCUT2D eigenvalue weighted by Gasteiger charge is 2.21. The second-order valence-corrected chi connectivity index (χ2v) is 6.20. The van der Waals surface area contributed by atoms with E-state index in [1.165, 1.54) is 0 Å². The molecule has 0 aliphatic rings. The van der Waals surface area contributed by atoms with Crippen LogP contribution in [0.3, 0.4) is 0 Å². The number of nitrogens with two attached hydrogens (primary N) is 1. The molecule has 0 amide bonds. The van der Waals surface area contributed by atoms with Crippen molar-refractivity contribution in [1.29, 1.82) is 5.41 Å². The Hall–Kier alpha value is -0.640. The lowest BCUT2D eigenvalue weighted by Gasteiger charge is -2.22. The Morgan fingerprint density at radius 3 is 2.26 bits per heavy atom. The minimum Gasteiger partial charge on any atom is -0.490 e. The average molecular weight is 324 g/mol. The molecule has 1 aromatic carbocycles. The van der Waals surface area contributed by atoms with E-state index >= 15 is 0 Å². The van der Waals surface area contributed by atoms with Crippen molar-refractivity contribution in [2.45, 2.75) is 26.7 Å². The zero-order chi connectivity index (χ0) is 14.6. The maximum Gasteiger partial charge on any atom is 0.156 e. The number of hydrogen-bond acceptors (Lipinski definition) is 2. The van der Waals surface area contributed by atoms with E-state index in [1.54, 1.807) is 12.1 Å². The third-order valence-electron chi connectivity index (χ3n) is 2.88. The summed E-state index contributed by atoms with van der Waals surface area (Å²) in [6, 6.07) is 3.17. The van der Waals surface area contributed by atoms with Gasteiger partial charge in [0.2, 0.25) is 0 Å². The van der Waals surface area contributed by atoms with Crippen molar-refractivity contribution < 1.29 is 4.74 Å². The van der Waals surface area contributed by atoms with E-state index in [2.05, 4.69) is 0 Å². The highest BCUT2D eigenvalue weighted by Crippen LogP contribution is 2.36. The Morgan fingerprint density at radius 2 is 1.79 bits per heavy atom. The number of rotatable bonds is 6. The van der Waals surface area contributed by atoms with E-state index in [0.717, 1.165) is 12.8 Å². The molecule has 0 unspecified atom stereocenters. The molecular formula is C13H17Cl3N2O. The van der Waals surface area contributed by atoms with Crippen molar-refractivity contribution in [1.82, 2.24) is 0 Å². The third kappa shape index (κ3) is 4.75. The SMILES string of the molecule is CC(C)(CCCOc1c(Cl)cc(Cl)cc1Cl)C(=N)N. The molecule has 19 heavy (non-hydrogen) atoms. The molecule has 1 rings (SSSR count). The number of ether oxygens (including phenoxy) is 1. The topological polar surface area (TPSA) is 59.1 Å². The third-order valence-corrected chi connectivity index (χ3v) is 3.66.